The first-order valence-electron chi connectivity index (χ1n) is 7.96. The van der Waals surface area contributed by atoms with E-state index in [-0.39, 0.29) is 5.60 Å². The van der Waals surface area contributed by atoms with Gasteiger partial charge in [-0.15, -0.1) is 0 Å². The largest absolute Gasteiger partial charge is 0.497 e. The molecule has 0 radical (unpaired) electrons. The van der Waals surface area contributed by atoms with Gasteiger partial charge in [-0.25, -0.2) is 0 Å². The molecule has 3 rings (SSSR count). The molecular formula is C17H26N2O2. The molecule has 4 heteroatoms. The molecule has 116 valence electrons. The van der Waals surface area contributed by atoms with E-state index in [0.717, 1.165) is 50.4 Å². The molecular weight excluding hydrogens is 264 g/mol. The average molecular weight is 290 g/mol. The third-order valence-electron chi connectivity index (χ3n) is 5.06. The summed E-state index contributed by atoms with van der Waals surface area (Å²) in [4.78, 5) is 2.50. The number of rotatable bonds is 3. The molecule has 0 bridgehead atoms. The summed E-state index contributed by atoms with van der Waals surface area (Å²) < 4.78 is 11.8. The Morgan fingerprint density at radius 2 is 2.14 bits per heavy atom. The van der Waals surface area contributed by atoms with Crippen molar-refractivity contribution in [1.82, 2.24) is 10.2 Å². The molecule has 1 saturated heterocycles. The van der Waals surface area contributed by atoms with E-state index in [2.05, 4.69) is 23.2 Å². The molecule has 21 heavy (non-hydrogen) atoms. The standard InChI is InChI=1S/C17H26N2O2/c1-4-19-9-7-17(8-10-19)12-15(18-2)14-6-5-13(20-3)11-16(14)21-17/h5-6,11,15,18H,4,7-10,12H2,1-3H3. The van der Waals surface area contributed by atoms with Gasteiger partial charge in [-0.3, -0.25) is 0 Å². The van der Waals surface area contributed by atoms with Crippen LogP contribution in [0.5, 0.6) is 11.5 Å². The second kappa shape index (κ2) is 5.85. The number of hydrogen-bond acceptors (Lipinski definition) is 4. The van der Waals surface area contributed by atoms with E-state index in [1.807, 2.05) is 19.2 Å². The molecule has 0 aromatic heterocycles. The Morgan fingerprint density at radius 1 is 1.38 bits per heavy atom. The van der Waals surface area contributed by atoms with Crippen LogP contribution in [0.1, 0.15) is 37.8 Å². The van der Waals surface area contributed by atoms with Gasteiger partial charge in [-0.1, -0.05) is 13.0 Å². The van der Waals surface area contributed by atoms with E-state index in [1.165, 1.54) is 5.56 Å². The smallest absolute Gasteiger partial charge is 0.128 e. The normalized spacial score (nSPS) is 24.4. The predicted molar refractivity (Wildman–Crippen MR) is 84.1 cm³/mol. The Labute approximate surface area is 127 Å². The van der Waals surface area contributed by atoms with Gasteiger partial charge in [-0.2, -0.15) is 0 Å². The van der Waals surface area contributed by atoms with E-state index < -0.39 is 0 Å². The molecule has 2 aliphatic heterocycles. The van der Waals surface area contributed by atoms with Gasteiger partial charge in [0.15, 0.2) is 0 Å². The quantitative estimate of drug-likeness (QED) is 0.928. The highest BCUT2D eigenvalue weighted by Gasteiger charge is 2.42. The second-order valence-electron chi connectivity index (χ2n) is 6.17. The molecule has 1 atom stereocenters. The van der Waals surface area contributed by atoms with Crippen LogP contribution in [0.3, 0.4) is 0 Å². The molecule has 1 unspecified atom stereocenters. The van der Waals surface area contributed by atoms with Crippen molar-refractivity contribution >= 4 is 0 Å². The Hall–Kier alpha value is -1.26. The summed E-state index contributed by atoms with van der Waals surface area (Å²) in [5, 5.41) is 3.46. The van der Waals surface area contributed by atoms with Crippen LogP contribution in [-0.2, 0) is 0 Å². The van der Waals surface area contributed by atoms with Gasteiger partial charge in [0, 0.05) is 37.2 Å². The minimum absolute atomic E-state index is 0.0152. The highest BCUT2D eigenvalue weighted by atomic mass is 16.5. The third-order valence-corrected chi connectivity index (χ3v) is 5.06. The number of fused-ring (bicyclic) bond motifs is 1. The number of ether oxygens (including phenoxy) is 2. The summed E-state index contributed by atoms with van der Waals surface area (Å²) >= 11 is 0. The monoisotopic (exact) mass is 290 g/mol. The Balaban J connectivity index is 1.87. The van der Waals surface area contributed by atoms with E-state index in [4.69, 9.17) is 9.47 Å². The first-order valence-corrected chi connectivity index (χ1v) is 7.96. The maximum atomic E-state index is 6.48. The fourth-order valence-corrected chi connectivity index (χ4v) is 3.62. The molecule has 1 aromatic rings. The number of piperidine rings is 1. The first-order chi connectivity index (χ1) is 10.2. The van der Waals surface area contributed by atoms with Gasteiger partial charge in [0.05, 0.1) is 7.11 Å². The topological polar surface area (TPSA) is 33.7 Å². The van der Waals surface area contributed by atoms with Crippen molar-refractivity contribution in [2.75, 3.05) is 33.8 Å². The number of hydrogen-bond donors (Lipinski definition) is 1. The van der Waals surface area contributed by atoms with E-state index in [1.54, 1.807) is 7.11 Å². The van der Waals surface area contributed by atoms with Gasteiger partial charge >= 0.3 is 0 Å². The molecule has 4 nitrogen and oxygen atoms in total. The minimum Gasteiger partial charge on any atom is -0.497 e. The number of methoxy groups -OCH3 is 1. The van der Waals surface area contributed by atoms with Crippen molar-refractivity contribution in [2.24, 2.45) is 0 Å². The lowest BCUT2D eigenvalue weighted by molar-refractivity contribution is -0.0236. The maximum Gasteiger partial charge on any atom is 0.128 e. The van der Waals surface area contributed by atoms with E-state index >= 15 is 0 Å². The lowest BCUT2D eigenvalue weighted by atomic mass is 9.80. The van der Waals surface area contributed by atoms with Gasteiger partial charge in [0.25, 0.3) is 0 Å². The zero-order valence-electron chi connectivity index (χ0n) is 13.3. The van der Waals surface area contributed by atoms with Crippen LogP contribution in [0.15, 0.2) is 18.2 Å². The van der Waals surface area contributed by atoms with Crippen molar-refractivity contribution in [3.8, 4) is 11.5 Å². The fraction of sp³-hybridized carbons (Fsp3) is 0.647. The predicted octanol–water partition coefficient (Wildman–Crippen LogP) is 2.59. The summed E-state index contributed by atoms with van der Waals surface area (Å²) in [7, 11) is 3.74. The van der Waals surface area contributed by atoms with Crippen LogP contribution in [0.2, 0.25) is 0 Å². The average Bonchev–Trinajstić information content (AvgIpc) is 2.54. The van der Waals surface area contributed by atoms with Crippen LogP contribution in [0.4, 0.5) is 0 Å². The van der Waals surface area contributed by atoms with Gasteiger partial charge in [-0.05, 0) is 32.5 Å². The summed E-state index contributed by atoms with van der Waals surface area (Å²) in [5.41, 5.74) is 1.24. The summed E-state index contributed by atoms with van der Waals surface area (Å²) in [5.74, 6) is 1.86. The minimum atomic E-state index is -0.0152. The van der Waals surface area contributed by atoms with E-state index in [0.29, 0.717) is 6.04 Å². The molecule has 1 aromatic carbocycles. The van der Waals surface area contributed by atoms with E-state index in [9.17, 15) is 0 Å². The molecule has 1 spiro atoms. The number of nitrogens with one attached hydrogen (secondary N) is 1. The van der Waals surface area contributed by atoms with Crippen molar-refractivity contribution in [3.05, 3.63) is 23.8 Å². The highest BCUT2D eigenvalue weighted by molar-refractivity contribution is 5.44. The number of likely N-dealkylation sites (tertiary alicyclic amines) is 1. The fourth-order valence-electron chi connectivity index (χ4n) is 3.62. The van der Waals surface area contributed by atoms with Crippen molar-refractivity contribution in [1.29, 1.82) is 0 Å². The maximum absolute atomic E-state index is 6.48. The third kappa shape index (κ3) is 2.74. The Morgan fingerprint density at radius 3 is 2.76 bits per heavy atom. The van der Waals surface area contributed by atoms with Crippen molar-refractivity contribution < 1.29 is 9.47 Å². The van der Waals surface area contributed by atoms with Gasteiger partial charge < -0.3 is 19.7 Å². The van der Waals surface area contributed by atoms with Crippen molar-refractivity contribution in [3.63, 3.8) is 0 Å². The van der Waals surface area contributed by atoms with Crippen LogP contribution in [-0.4, -0.2) is 44.3 Å². The molecule has 1 fully saturated rings. The molecule has 1 N–H and O–H groups in total. The SMILES string of the molecule is CCN1CCC2(CC1)CC(NC)c1ccc(OC)cc1O2. The molecule has 2 aliphatic rings. The van der Waals surface area contributed by atoms with Crippen molar-refractivity contribution in [2.45, 2.75) is 37.8 Å². The molecule has 2 heterocycles. The summed E-state index contributed by atoms with van der Waals surface area (Å²) in [6.45, 7) is 5.63. The van der Waals surface area contributed by atoms with Gasteiger partial charge in [0.1, 0.15) is 17.1 Å². The Bertz CT molecular complexity index is 496. The highest BCUT2D eigenvalue weighted by Crippen LogP contribution is 2.45. The molecule has 0 amide bonds. The molecule has 0 saturated carbocycles. The van der Waals surface area contributed by atoms with Crippen LogP contribution in [0.25, 0.3) is 0 Å². The lowest BCUT2D eigenvalue weighted by Gasteiger charge is -2.46. The van der Waals surface area contributed by atoms with Gasteiger partial charge in [0.2, 0.25) is 0 Å². The zero-order chi connectivity index (χ0) is 14.9. The second-order valence-corrected chi connectivity index (χ2v) is 6.17. The Kier molecular flexibility index (Phi) is 4.09. The lowest BCUT2D eigenvalue weighted by Crippen LogP contribution is -2.51. The molecule has 0 aliphatic carbocycles. The van der Waals surface area contributed by atoms with Crippen LogP contribution < -0.4 is 14.8 Å². The summed E-state index contributed by atoms with van der Waals surface area (Å²) in [6.07, 6.45) is 3.27. The number of benzene rings is 1. The first kappa shape index (κ1) is 14.7. The van der Waals surface area contributed by atoms with Crippen LogP contribution >= 0.6 is 0 Å². The zero-order valence-corrected chi connectivity index (χ0v) is 13.3. The number of nitrogens with zero attached hydrogens (tertiary/aromatic N) is 1. The van der Waals surface area contributed by atoms with Crippen LogP contribution in [0, 0.1) is 0 Å². The summed E-state index contributed by atoms with van der Waals surface area (Å²) in [6, 6.07) is 6.55.